The quantitative estimate of drug-likeness (QED) is 0.470. The molecule has 84 valence electrons. The summed E-state index contributed by atoms with van der Waals surface area (Å²) in [5.74, 6) is 0.583. The molecule has 14 heavy (non-hydrogen) atoms. The minimum Gasteiger partial charge on any atom is -0.396 e. The van der Waals surface area contributed by atoms with E-state index in [0.29, 0.717) is 12.5 Å². The lowest BCUT2D eigenvalue weighted by Gasteiger charge is -2.15. The van der Waals surface area contributed by atoms with E-state index >= 15 is 0 Å². The molecule has 0 fully saturated rings. The Balaban J connectivity index is 3.69. The van der Waals surface area contributed by atoms with Gasteiger partial charge < -0.3 is 4.84 Å². The zero-order chi connectivity index (χ0) is 11.0. The number of oxime groups is 1. The highest BCUT2D eigenvalue weighted by atomic mass is 16.6. The Hall–Kier alpha value is -0.530. The third kappa shape index (κ3) is 8.09. The number of nitrogens with zero attached hydrogens (tertiary/aromatic N) is 1. The van der Waals surface area contributed by atoms with E-state index in [-0.39, 0.29) is 5.41 Å². The highest BCUT2D eigenvalue weighted by Gasteiger charge is 2.10. The molecule has 0 heterocycles. The van der Waals surface area contributed by atoms with E-state index in [0.717, 1.165) is 6.42 Å². The van der Waals surface area contributed by atoms with Crippen molar-refractivity contribution >= 4 is 6.21 Å². The summed E-state index contributed by atoms with van der Waals surface area (Å²) in [6.45, 7) is 11.5. The van der Waals surface area contributed by atoms with Crippen molar-refractivity contribution in [3.05, 3.63) is 0 Å². The van der Waals surface area contributed by atoms with Gasteiger partial charge in [-0.25, -0.2) is 0 Å². The second kappa shape index (κ2) is 6.86. The van der Waals surface area contributed by atoms with Crippen LogP contribution >= 0.6 is 0 Å². The largest absolute Gasteiger partial charge is 0.396 e. The molecule has 0 aliphatic rings. The second-order valence-electron chi connectivity index (χ2n) is 5.05. The molecular weight excluding hydrogens is 174 g/mol. The molecule has 0 saturated carbocycles. The molecule has 2 heteroatoms. The molecule has 0 aliphatic heterocycles. The van der Waals surface area contributed by atoms with Crippen LogP contribution in [0.3, 0.4) is 0 Å². The highest BCUT2D eigenvalue weighted by molar-refractivity contribution is 5.59. The van der Waals surface area contributed by atoms with Crippen molar-refractivity contribution < 1.29 is 4.84 Å². The number of hydrogen-bond donors (Lipinski definition) is 0. The van der Waals surface area contributed by atoms with Gasteiger partial charge in [0.25, 0.3) is 0 Å². The molecule has 0 aromatic heterocycles. The first kappa shape index (κ1) is 13.5. The molecular formula is C12H25NO. The summed E-state index contributed by atoms with van der Waals surface area (Å²) >= 11 is 0. The van der Waals surface area contributed by atoms with Crippen LogP contribution in [0.1, 0.15) is 53.9 Å². The summed E-state index contributed by atoms with van der Waals surface area (Å²) in [5, 5.41) is 4.02. The average molecular weight is 199 g/mol. The van der Waals surface area contributed by atoms with Gasteiger partial charge in [-0.2, -0.15) is 0 Å². The smallest absolute Gasteiger partial charge is 0.122 e. The Bertz CT molecular complexity index is 158. The summed E-state index contributed by atoms with van der Waals surface area (Å²) in [4.78, 5) is 5.25. The van der Waals surface area contributed by atoms with Crippen LogP contribution in [0, 0.1) is 11.3 Å². The zero-order valence-electron chi connectivity index (χ0n) is 10.3. The molecule has 1 atom stereocenters. The summed E-state index contributed by atoms with van der Waals surface area (Å²) in [6.07, 6.45) is 5.52. The summed E-state index contributed by atoms with van der Waals surface area (Å²) in [6, 6.07) is 0. The van der Waals surface area contributed by atoms with Gasteiger partial charge in [-0.05, 0) is 24.2 Å². The van der Waals surface area contributed by atoms with Gasteiger partial charge in [0.05, 0.1) is 0 Å². The van der Waals surface area contributed by atoms with Gasteiger partial charge >= 0.3 is 0 Å². The van der Waals surface area contributed by atoms with E-state index in [4.69, 9.17) is 4.84 Å². The van der Waals surface area contributed by atoms with Gasteiger partial charge in [0.2, 0.25) is 0 Å². The Morgan fingerprint density at radius 3 is 2.36 bits per heavy atom. The van der Waals surface area contributed by atoms with Crippen LogP contribution < -0.4 is 0 Å². The van der Waals surface area contributed by atoms with Crippen LogP contribution in [0.2, 0.25) is 0 Å². The molecule has 0 bridgehead atoms. The Kier molecular flexibility index (Phi) is 6.60. The molecule has 0 radical (unpaired) electrons. The molecule has 0 aromatic rings. The van der Waals surface area contributed by atoms with Crippen molar-refractivity contribution in [2.24, 2.45) is 16.5 Å². The normalized spacial score (nSPS) is 14.6. The van der Waals surface area contributed by atoms with Crippen molar-refractivity contribution in [3.8, 4) is 0 Å². The van der Waals surface area contributed by atoms with E-state index in [1.807, 2.05) is 6.21 Å². The van der Waals surface area contributed by atoms with Gasteiger partial charge in [0.15, 0.2) is 0 Å². The van der Waals surface area contributed by atoms with Crippen molar-refractivity contribution in [3.63, 3.8) is 0 Å². The van der Waals surface area contributed by atoms with Crippen LogP contribution in [0.4, 0.5) is 0 Å². The first-order chi connectivity index (χ1) is 6.49. The average Bonchev–Trinajstić information content (AvgIpc) is 2.08. The predicted octanol–water partition coefficient (Wildman–Crippen LogP) is 3.86. The van der Waals surface area contributed by atoms with Gasteiger partial charge in [-0.1, -0.05) is 46.2 Å². The minimum absolute atomic E-state index is 0.198. The summed E-state index contributed by atoms with van der Waals surface area (Å²) in [5.41, 5.74) is 0.198. The molecule has 0 aliphatic carbocycles. The first-order valence-corrected chi connectivity index (χ1v) is 5.65. The van der Waals surface area contributed by atoms with Crippen molar-refractivity contribution in [2.75, 3.05) is 6.61 Å². The van der Waals surface area contributed by atoms with E-state index in [9.17, 15) is 0 Å². The van der Waals surface area contributed by atoms with Crippen LogP contribution in [-0.2, 0) is 4.84 Å². The Morgan fingerprint density at radius 1 is 1.29 bits per heavy atom. The van der Waals surface area contributed by atoms with Crippen LogP contribution in [0.15, 0.2) is 5.16 Å². The summed E-state index contributed by atoms with van der Waals surface area (Å²) < 4.78 is 0. The fourth-order valence-corrected chi connectivity index (χ4v) is 1.11. The van der Waals surface area contributed by atoms with Crippen molar-refractivity contribution in [1.82, 2.24) is 0 Å². The Morgan fingerprint density at radius 2 is 1.93 bits per heavy atom. The standard InChI is InChI=1S/C12H25NO/c1-6-8-11(7-2)9-13-14-10-12(3,4)5/h9,11H,6-8,10H2,1-5H3/b13-9+. The zero-order valence-corrected chi connectivity index (χ0v) is 10.3. The van der Waals surface area contributed by atoms with Crippen molar-refractivity contribution in [2.45, 2.75) is 53.9 Å². The van der Waals surface area contributed by atoms with E-state index in [2.05, 4.69) is 39.8 Å². The lowest BCUT2D eigenvalue weighted by Crippen LogP contribution is -2.12. The molecule has 0 rings (SSSR count). The monoisotopic (exact) mass is 199 g/mol. The van der Waals surface area contributed by atoms with Gasteiger partial charge in [-0.3, -0.25) is 0 Å². The molecule has 1 unspecified atom stereocenters. The molecule has 0 saturated heterocycles. The molecule has 2 nitrogen and oxygen atoms in total. The maximum absolute atomic E-state index is 5.25. The molecule has 0 spiro atoms. The predicted molar refractivity (Wildman–Crippen MR) is 62.6 cm³/mol. The Labute approximate surface area is 88.7 Å². The lowest BCUT2D eigenvalue weighted by molar-refractivity contribution is 0.0772. The van der Waals surface area contributed by atoms with E-state index < -0.39 is 0 Å². The van der Waals surface area contributed by atoms with Crippen LogP contribution in [0.5, 0.6) is 0 Å². The van der Waals surface area contributed by atoms with Crippen LogP contribution in [-0.4, -0.2) is 12.8 Å². The number of hydrogen-bond acceptors (Lipinski definition) is 2. The fraction of sp³-hybridized carbons (Fsp3) is 0.917. The highest BCUT2D eigenvalue weighted by Crippen LogP contribution is 2.13. The van der Waals surface area contributed by atoms with Gasteiger partial charge in [0.1, 0.15) is 6.61 Å². The third-order valence-electron chi connectivity index (χ3n) is 2.03. The molecule has 0 N–H and O–H groups in total. The maximum atomic E-state index is 5.25. The maximum Gasteiger partial charge on any atom is 0.122 e. The summed E-state index contributed by atoms with van der Waals surface area (Å²) in [7, 11) is 0. The van der Waals surface area contributed by atoms with E-state index in [1.54, 1.807) is 0 Å². The van der Waals surface area contributed by atoms with Gasteiger partial charge in [-0.15, -0.1) is 0 Å². The minimum atomic E-state index is 0.198. The van der Waals surface area contributed by atoms with E-state index in [1.165, 1.54) is 12.8 Å². The second-order valence-corrected chi connectivity index (χ2v) is 5.05. The SMILES string of the molecule is CCCC(/C=N/OCC(C)(C)C)CC. The topological polar surface area (TPSA) is 21.6 Å². The lowest BCUT2D eigenvalue weighted by atomic mass is 9.99. The molecule has 0 amide bonds. The third-order valence-corrected chi connectivity index (χ3v) is 2.03. The molecule has 0 aromatic carbocycles. The van der Waals surface area contributed by atoms with Gasteiger partial charge in [0, 0.05) is 6.21 Å². The first-order valence-electron chi connectivity index (χ1n) is 5.65. The number of rotatable bonds is 6. The fourth-order valence-electron chi connectivity index (χ4n) is 1.11. The van der Waals surface area contributed by atoms with Crippen molar-refractivity contribution in [1.29, 1.82) is 0 Å². The van der Waals surface area contributed by atoms with Crippen LogP contribution in [0.25, 0.3) is 0 Å².